The van der Waals surface area contributed by atoms with E-state index in [9.17, 15) is 0 Å². The molecule has 10 heavy (non-hydrogen) atoms. The van der Waals surface area contributed by atoms with Crippen LogP contribution in [0.25, 0.3) is 0 Å². The van der Waals surface area contributed by atoms with Gasteiger partial charge in [0.1, 0.15) is 0 Å². The summed E-state index contributed by atoms with van der Waals surface area (Å²) >= 11 is 0. The Labute approximate surface area is 61.9 Å². The van der Waals surface area contributed by atoms with Gasteiger partial charge in [0.05, 0.1) is 0 Å². The first-order chi connectivity index (χ1) is 4.86. The standard InChI is InChI=1S/C7H15N3/c1-9-10-4-2-7(6-8)3-5-10/h7H,1-6,8H2. The minimum atomic E-state index is 0.720. The van der Waals surface area contributed by atoms with Gasteiger partial charge in [-0.1, -0.05) is 0 Å². The van der Waals surface area contributed by atoms with E-state index in [0.717, 1.165) is 25.6 Å². The van der Waals surface area contributed by atoms with Crippen molar-refractivity contribution in [1.82, 2.24) is 5.01 Å². The molecule has 1 saturated heterocycles. The number of nitrogens with two attached hydrogens (primary N) is 1. The van der Waals surface area contributed by atoms with E-state index in [-0.39, 0.29) is 0 Å². The van der Waals surface area contributed by atoms with E-state index in [1.54, 1.807) is 0 Å². The van der Waals surface area contributed by atoms with E-state index in [1.165, 1.54) is 12.8 Å². The summed E-state index contributed by atoms with van der Waals surface area (Å²) in [6.07, 6.45) is 2.35. The number of piperidine rings is 1. The Bertz CT molecular complexity index is 105. The van der Waals surface area contributed by atoms with Gasteiger partial charge in [-0.2, -0.15) is 5.10 Å². The highest BCUT2D eigenvalue weighted by molar-refractivity contribution is 5.22. The van der Waals surface area contributed by atoms with E-state index in [2.05, 4.69) is 11.8 Å². The third-order valence-corrected chi connectivity index (χ3v) is 2.12. The SMILES string of the molecule is C=NN1CCC(CN)CC1. The van der Waals surface area contributed by atoms with Crippen molar-refractivity contribution < 1.29 is 0 Å². The Balaban J connectivity index is 2.23. The smallest absolute Gasteiger partial charge is 0.0363 e. The van der Waals surface area contributed by atoms with Crippen LogP contribution >= 0.6 is 0 Å². The average Bonchev–Trinajstić information content (AvgIpc) is 2.05. The lowest BCUT2D eigenvalue weighted by Gasteiger charge is -2.28. The van der Waals surface area contributed by atoms with Gasteiger partial charge < -0.3 is 5.73 Å². The molecule has 0 unspecified atom stereocenters. The zero-order valence-corrected chi connectivity index (χ0v) is 6.29. The molecule has 0 aliphatic carbocycles. The highest BCUT2D eigenvalue weighted by Crippen LogP contribution is 2.14. The minimum Gasteiger partial charge on any atom is -0.330 e. The minimum absolute atomic E-state index is 0.720. The van der Waals surface area contributed by atoms with Crippen molar-refractivity contribution in [2.45, 2.75) is 12.8 Å². The molecule has 2 N–H and O–H groups in total. The number of hydrogen-bond acceptors (Lipinski definition) is 3. The Morgan fingerprint density at radius 2 is 2.10 bits per heavy atom. The fourth-order valence-electron chi connectivity index (χ4n) is 1.30. The van der Waals surface area contributed by atoms with Crippen LogP contribution in [-0.2, 0) is 0 Å². The first-order valence-electron chi connectivity index (χ1n) is 3.78. The zero-order valence-electron chi connectivity index (χ0n) is 6.29. The summed E-state index contributed by atoms with van der Waals surface area (Å²) in [5.41, 5.74) is 5.53. The molecule has 0 bridgehead atoms. The summed E-state index contributed by atoms with van der Waals surface area (Å²) in [6, 6.07) is 0. The van der Waals surface area contributed by atoms with Gasteiger partial charge in [-0.15, -0.1) is 0 Å². The zero-order chi connectivity index (χ0) is 7.40. The number of rotatable bonds is 2. The maximum Gasteiger partial charge on any atom is 0.0363 e. The molecule has 1 rings (SSSR count). The summed E-state index contributed by atoms with van der Waals surface area (Å²) in [5, 5.41) is 5.86. The quantitative estimate of drug-likeness (QED) is 0.561. The maximum atomic E-state index is 5.53. The molecule has 0 amide bonds. The Morgan fingerprint density at radius 3 is 2.50 bits per heavy atom. The number of hydrazone groups is 1. The van der Waals surface area contributed by atoms with Crippen molar-refractivity contribution in [3.05, 3.63) is 0 Å². The first kappa shape index (κ1) is 7.54. The molecular weight excluding hydrogens is 126 g/mol. The van der Waals surface area contributed by atoms with Crippen molar-refractivity contribution in [2.24, 2.45) is 16.8 Å². The van der Waals surface area contributed by atoms with Crippen LogP contribution in [0.2, 0.25) is 0 Å². The van der Waals surface area contributed by atoms with Crippen LogP contribution in [0.5, 0.6) is 0 Å². The molecule has 0 atom stereocenters. The topological polar surface area (TPSA) is 41.6 Å². The average molecular weight is 141 g/mol. The summed E-state index contributed by atoms with van der Waals surface area (Å²) in [6.45, 7) is 6.37. The monoisotopic (exact) mass is 141 g/mol. The predicted octanol–water partition coefficient (Wildman–Crippen LogP) is 0.273. The summed E-state index contributed by atoms with van der Waals surface area (Å²) < 4.78 is 0. The van der Waals surface area contributed by atoms with Gasteiger partial charge in [0.2, 0.25) is 0 Å². The van der Waals surface area contributed by atoms with Crippen LogP contribution in [0.4, 0.5) is 0 Å². The lowest BCUT2D eigenvalue weighted by Crippen LogP contribution is -2.32. The molecule has 0 saturated carbocycles. The van der Waals surface area contributed by atoms with Gasteiger partial charge in [0.25, 0.3) is 0 Å². The fraction of sp³-hybridized carbons (Fsp3) is 0.857. The van der Waals surface area contributed by atoms with Crippen molar-refractivity contribution in [1.29, 1.82) is 0 Å². The highest BCUT2D eigenvalue weighted by atomic mass is 15.4. The van der Waals surface area contributed by atoms with Crippen LogP contribution in [0.3, 0.4) is 0 Å². The van der Waals surface area contributed by atoms with Crippen molar-refractivity contribution in [3.8, 4) is 0 Å². The van der Waals surface area contributed by atoms with Gasteiger partial charge in [-0.3, -0.25) is 5.01 Å². The lowest BCUT2D eigenvalue weighted by molar-refractivity contribution is 0.196. The highest BCUT2D eigenvalue weighted by Gasteiger charge is 2.15. The van der Waals surface area contributed by atoms with Gasteiger partial charge in [0.15, 0.2) is 0 Å². The maximum absolute atomic E-state index is 5.53. The molecule has 1 aliphatic rings. The van der Waals surface area contributed by atoms with Gasteiger partial charge in [-0.05, 0) is 25.3 Å². The van der Waals surface area contributed by atoms with Crippen molar-refractivity contribution in [2.75, 3.05) is 19.6 Å². The van der Waals surface area contributed by atoms with E-state index in [4.69, 9.17) is 5.73 Å². The second-order valence-corrected chi connectivity index (χ2v) is 2.77. The molecule has 1 heterocycles. The van der Waals surface area contributed by atoms with Crippen LogP contribution in [0, 0.1) is 5.92 Å². The molecular formula is C7H15N3. The lowest BCUT2D eigenvalue weighted by atomic mass is 9.98. The molecule has 0 aromatic heterocycles. The Morgan fingerprint density at radius 1 is 1.50 bits per heavy atom. The van der Waals surface area contributed by atoms with Gasteiger partial charge in [-0.25, -0.2) is 0 Å². The molecule has 0 aromatic carbocycles. The molecule has 1 aliphatic heterocycles. The number of nitrogens with zero attached hydrogens (tertiary/aromatic N) is 2. The van der Waals surface area contributed by atoms with Gasteiger partial charge in [0, 0.05) is 19.8 Å². The van der Waals surface area contributed by atoms with Crippen molar-refractivity contribution in [3.63, 3.8) is 0 Å². The third-order valence-electron chi connectivity index (χ3n) is 2.12. The van der Waals surface area contributed by atoms with E-state index in [0.29, 0.717) is 0 Å². The van der Waals surface area contributed by atoms with Crippen LogP contribution in [-0.4, -0.2) is 31.4 Å². The second-order valence-electron chi connectivity index (χ2n) is 2.77. The Kier molecular flexibility index (Phi) is 2.68. The molecule has 0 aromatic rings. The molecule has 58 valence electrons. The van der Waals surface area contributed by atoms with Crippen LogP contribution in [0.1, 0.15) is 12.8 Å². The first-order valence-corrected chi connectivity index (χ1v) is 3.78. The van der Waals surface area contributed by atoms with Crippen molar-refractivity contribution >= 4 is 6.72 Å². The largest absolute Gasteiger partial charge is 0.330 e. The summed E-state index contributed by atoms with van der Waals surface area (Å²) in [7, 11) is 0. The van der Waals surface area contributed by atoms with Crippen LogP contribution in [0.15, 0.2) is 5.10 Å². The predicted molar refractivity (Wildman–Crippen MR) is 42.9 cm³/mol. The normalized spacial score (nSPS) is 21.1. The molecule has 3 nitrogen and oxygen atoms in total. The van der Waals surface area contributed by atoms with Gasteiger partial charge >= 0.3 is 0 Å². The summed E-state index contributed by atoms with van der Waals surface area (Å²) in [5.74, 6) is 0.720. The van der Waals surface area contributed by atoms with E-state index < -0.39 is 0 Å². The molecule has 1 fully saturated rings. The Hall–Kier alpha value is -0.570. The fourth-order valence-corrected chi connectivity index (χ4v) is 1.30. The summed E-state index contributed by atoms with van der Waals surface area (Å²) in [4.78, 5) is 0. The second kappa shape index (κ2) is 3.56. The van der Waals surface area contributed by atoms with Crippen LogP contribution < -0.4 is 5.73 Å². The molecule has 0 spiro atoms. The molecule has 0 radical (unpaired) electrons. The third kappa shape index (κ3) is 1.70. The molecule has 3 heteroatoms. The number of hydrogen-bond donors (Lipinski definition) is 1. The van der Waals surface area contributed by atoms with E-state index in [1.807, 2.05) is 5.01 Å². The van der Waals surface area contributed by atoms with E-state index >= 15 is 0 Å².